The molecule has 5 nitrogen and oxygen atoms in total. The summed E-state index contributed by atoms with van der Waals surface area (Å²) in [5, 5.41) is 0. The number of isocyanates is 1. The molecule has 0 aromatic heterocycles. The first-order chi connectivity index (χ1) is 6.27. The van der Waals surface area contributed by atoms with Gasteiger partial charge in [0.2, 0.25) is 6.08 Å². The maximum absolute atomic E-state index is 11.0. The van der Waals surface area contributed by atoms with Crippen LogP contribution in [0.15, 0.2) is 4.99 Å². The van der Waals surface area contributed by atoms with Gasteiger partial charge in [0.15, 0.2) is 6.23 Å². The fourth-order valence-electron chi connectivity index (χ4n) is 1.25. The Morgan fingerprint density at radius 2 is 2.38 bits per heavy atom. The molecule has 0 aromatic carbocycles. The molecule has 0 spiro atoms. The van der Waals surface area contributed by atoms with Gasteiger partial charge in [-0.15, -0.1) is 0 Å². The topological polar surface area (TPSA) is 65.0 Å². The summed E-state index contributed by atoms with van der Waals surface area (Å²) in [5.74, 6) is -0.489. The maximum Gasteiger partial charge on any atom is 0.311 e. The van der Waals surface area contributed by atoms with Crippen LogP contribution < -0.4 is 0 Å². The summed E-state index contributed by atoms with van der Waals surface area (Å²) in [5.41, 5.74) is 0. The lowest BCUT2D eigenvalue weighted by molar-refractivity contribution is -0.151. The van der Waals surface area contributed by atoms with Gasteiger partial charge >= 0.3 is 5.97 Å². The third-order valence-corrected chi connectivity index (χ3v) is 1.98. The Morgan fingerprint density at radius 3 is 2.85 bits per heavy atom. The molecule has 0 N–H and O–H groups in total. The van der Waals surface area contributed by atoms with Crippen molar-refractivity contribution in [2.75, 3.05) is 13.7 Å². The van der Waals surface area contributed by atoms with Crippen molar-refractivity contribution in [3.8, 4) is 0 Å². The molecule has 5 heteroatoms. The van der Waals surface area contributed by atoms with E-state index in [1.807, 2.05) is 0 Å². The van der Waals surface area contributed by atoms with Gasteiger partial charge in [-0.25, -0.2) is 4.79 Å². The van der Waals surface area contributed by atoms with Crippen molar-refractivity contribution in [3.05, 3.63) is 0 Å². The summed E-state index contributed by atoms with van der Waals surface area (Å²) < 4.78 is 9.68. The van der Waals surface area contributed by atoms with Crippen molar-refractivity contribution in [2.45, 2.75) is 19.1 Å². The maximum atomic E-state index is 11.0. The van der Waals surface area contributed by atoms with Gasteiger partial charge in [0.1, 0.15) is 0 Å². The van der Waals surface area contributed by atoms with E-state index in [1.165, 1.54) is 13.2 Å². The molecule has 1 heterocycles. The molecule has 1 fully saturated rings. The molecule has 0 radical (unpaired) electrons. The van der Waals surface area contributed by atoms with Gasteiger partial charge in [-0.2, -0.15) is 4.99 Å². The first kappa shape index (κ1) is 9.89. The number of esters is 1. The van der Waals surface area contributed by atoms with E-state index < -0.39 is 6.23 Å². The van der Waals surface area contributed by atoms with Crippen LogP contribution in [0.4, 0.5) is 0 Å². The molecule has 2 atom stereocenters. The zero-order valence-corrected chi connectivity index (χ0v) is 7.36. The molecule has 1 aliphatic rings. The molecule has 0 aromatic rings. The van der Waals surface area contributed by atoms with Gasteiger partial charge in [0, 0.05) is 0 Å². The second-order valence-electron chi connectivity index (χ2n) is 2.81. The van der Waals surface area contributed by atoms with Gasteiger partial charge in [-0.1, -0.05) is 0 Å². The van der Waals surface area contributed by atoms with E-state index in [0.29, 0.717) is 12.8 Å². The summed E-state index contributed by atoms with van der Waals surface area (Å²) >= 11 is 0. The minimum atomic E-state index is -0.432. The van der Waals surface area contributed by atoms with E-state index in [9.17, 15) is 9.59 Å². The highest BCUT2D eigenvalue weighted by molar-refractivity contribution is 5.72. The summed E-state index contributed by atoms with van der Waals surface area (Å²) in [6.07, 6.45) is 2.20. The molecule has 1 rings (SSSR count). The highest BCUT2D eigenvalue weighted by Crippen LogP contribution is 2.20. The lowest BCUT2D eigenvalue weighted by Crippen LogP contribution is -2.30. The predicted octanol–water partition coefficient (Wildman–Crippen LogP) is 0.248. The molecule has 0 saturated carbocycles. The fourth-order valence-corrected chi connectivity index (χ4v) is 1.25. The number of carbonyl (C=O) groups is 1. The van der Waals surface area contributed by atoms with Crippen LogP contribution in [0.5, 0.6) is 0 Å². The van der Waals surface area contributed by atoms with E-state index in [4.69, 9.17) is 4.74 Å². The molecule has 72 valence electrons. The normalized spacial score (nSPS) is 27.5. The van der Waals surface area contributed by atoms with Gasteiger partial charge < -0.3 is 9.47 Å². The molecule has 0 aliphatic carbocycles. The van der Waals surface area contributed by atoms with Gasteiger partial charge in [-0.3, -0.25) is 4.79 Å². The average Bonchev–Trinajstić information content (AvgIpc) is 2.18. The lowest BCUT2D eigenvalue weighted by atomic mass is 10.0. The van der Waals surface area contributed by atoms with Crippen molar-refractivity contribution in [1.82, 2.24) is 0 Å². The van der Waals surface area contributed by atoms with E-state index in [1.54, 1.807) is 0 Å². The summed E-state index contributed by atoms with van der Waals surface area (Å²) in [6.45, 7) is 0.266. The fraction of sp³-hybridized carbons (Fsp3) is 0.750. The number of methoxy groups -OCH3 is 1. The minimum absolute atomic E-state index is 0.219. The Hall–Kier alpha value is -1.19. The molecule has 13 heavy (non-hydrogen) atoms. The summed E-state index contributed by atoms with van der Waals surface area (Å²) in [4.78, 5) is 24.3. The van der Waals surface area contributed by atoms with Crippen molar-refractivity contribution < 1.29 is 19.1 Å². The molecule has 1 aliphatic heterocycles. The van der Waals surface area contributed by atoms with Crippen LogP contribution in [0.3, 0.4) is 0 Å². The molecular weight excluding hydrogens is 174 g/mol. The van der Waals surface area contributed by atoms with Crippen LogP contribution in [0.25, 0.3) is 0 Å². The smallest absolute Gasteiger partial charge is 0.311 e. The Morgan fingerprint density at radius 1 is 1.62 bits per heavy atom. The summed E-state index contributed by atoms with van der Waals surface area (Å²) in [6, 6.07) is 0. The monoisotopic (exact) mass is 185 g/mol. The third kappa shape index (κ3) is 2.65. The second kappa shape index (κ2) is 4.74. The van der Waals surface area contributed by atoms with Gasteiger partial charge in [0.05, 0.1) is 19.6 Å². The molecule has 1 saturated heterocycles. The van der Waals surface area contributed by atoms with Crippen LogP contribution in [0, 0.1) is 5.92 Å². The van der Waals surface area contributed by atoms with E-state index >= 15 is 0 Å². The lowest BCUT2D eigenvalue weighted by Gasteiger charge is -2.23. The van der Waals surface area contributed by atoms with Crippen LogP contribution in [0.2, 0.25) is 0 Å². The Balaban J connectivity index is 2.38. The number of aliphatic imine (C=N–C) groups is 1. The molecular formula is C8H11NO4. The molecule has 0 amide bonds. The van der Waals surface area contributed by atoms with Crippen molar-refractivity contribution in [3.63, 3.8) is 0 Å². The minimum Gasteiger partial charge on any atom is -0.469 e. The number of carbonyl (C=O) groups excluding carboxylic acids is 2. The van der Waals surface area contributed by atoms with Gasteiger partial charge in [0.25, 0.3) is 0 Å². The third-order valence-electron chi connectivity index (χ3n) is 1.98. The first-order valence-corrected chi connectivity index (χ1v) is 4.04. The Kier molecular flexibility index (Phi) is 3.61. The summed E-state index contributed by atoms with van der Waals surface area (Å²) in [7, 11) is 1.35. The van der Waals surface area contributed by atoms with Crippen LogP contribution in [-0.2, 0) is 19.1 Å². The zero-order chi connectivity index (χ0) is 9.68. The quantitative estimate of drug-likeness (QED) is 0.351. The van der Waals surface area contributed by atoms with E-state index in [2.05, 4.69) is 9.73 Å². The number of rotatable bonds is 2. The SMILES string of the molecule is COC(=O)C1CCC(N=C=O)OC1. The van der Waals surface area contributed by atoms with Crippen LogP contribution in [0.1, 0.15) is 12.8 Å². The second-order valence-corrected chi connectivity index (χ2v) is 2.81. The highest BCUT2D eigenvalue weighted by atomic mass is 16.5. The number of hydrogen-bond donors (Lipinski definition) is 0. The molecule has 0 bridgehead atoms. The number of ether oxygens (including phenoxy) is 2. The number of nitrogens with zero attached hydrogens (tertiary/aromatic N) is 1. The van der Waals surface area contributed by atoms with E-state index in [0.717, 1.165) is 0 Å². The molecule has 2 unspecified atom stereocenters. The van der Waals surface area contributed by atoms with Crippen molar-refractivity contribution >= 4 is 12.0 Å². The Bertz CT molecular complexity index is 226. The zero-order valence-electron chi connectivity index (χ0n) is 7.36. The van der Waals surface area contributed by atoms with Crippen LogP contribution >= 0.6 is 0 Å². The standard InChI is InChI=1S/C8H11NO4/c1-12-8(11)6-2-3-7(9-5-10)13-4-6/h6-7H,2-4H2,1H3. The average molecular weight is 185 g/mol. The highest BCUT2D eigenvalue weighted by Gasteiger charge is 2.27. The van der Waals surface area contributed by atoms with Gasteiger partial charge in [-0.05, 0) is 12.8 Å². The van der Waals surface area contributed by atoms with E-state index in [-0.39, 0.29) is 18.5 Å². The largest absolute Gasteiger partial charge is 0.469 e. The number of hydrogen-bond acceptors (Lipinski definition) is 5. The van der Waals surface area contributed by atoms with Crippen molar-refractivity contribution in [2.24, 2.45) is 10.9 Å². The Labute approximate surface area is 75.7 Å². The van der Waals surface area contributed by atoms with Crippen molar-refractivity contribution in [1.29, 1.82) is 0 Å². The first-order valence-electron chi connectivity index (χ1n) is 4.04. The predicted molar refractivity (Wildman–Crippen MR) is 42.6 cm³/mol. The van der Waals surface area contributed by atoms with Crippen LogP contribution in [-0.4, -0.2) is 32.0 Å².